The summed E-state index contributed by atoms with van der Waals surface area (Å²) < 4.78 is 6.60. The maximum atomic E-state index is 5.85. The van der Waals surface area contributed by atoms with Crippen molar-refractivity contribution < 1.29 is 4.74 Å². The highest BCUT2D eigenvalue weighted by Crippen LogP contribution is 2.25. The Bertz CT molecular complexity index is 385. The number of alkyl halides is 1. The Morgan fingerprint density at radius 1 is 1.59 bits per heavy atom. The molecule has 1 aliphatic carbocycles. The zero-order valence-corrected chi connectivity index (χ0v) is 12.2. The van der Waals surface area contributed by atoms with Crippen LogP contribution in [0.25, 0.3) is 0 Å². The third-order valence-electron chi connectivity index (χ3n) is 2.89. The molecule has 0 N–H and O–H groups in total. The molecule has 17 heavy (non-hydrogen) atoms. The fourth-order valence-corrected chi connectivity index (χ4v) is 2.25. The molecule has 5 heteroatoms. The molecule has 0 unspecified atom stereocenters. The van der Waals surface area contributed by atoms with Crippen LogP contribution in [0, 0.1) is 0 Å². The second-order valence-corrected chi connectivity index (χ2v) is 5.49. The summed E-state index contributed by atoms with van der Waals surface area (Å²) >= 11 is 9.23. The molecule has 0 saturated heterocycles. The minimum absolute atomic E-state index is 0.417. The minimum atomic E-state index is 0.417. The molecule has 1 fully saturated rings. The van der Waals surface area contributed by atoms with Crippen molar-refractivity contribution in [2.24, 2.45) is 0 Å². The van der Waals surface area contributed by atoms with Gasteiger partial charge in [0.05, 0.1) is 5.88 Å². The summed E-state index contributed by atoms with van der Waals surface area (Å²) in [6.45, 7) is 1.59. The lowest BCUT2D eigenvalue weighted by atomic mass is 10.3. The predicted molar refractivity (Wildman–Crippen MR) is 72.6 cm³/mol. The molecule has 1 aromatic rings. The Kier molecular flexibility index (Phi) is 4.65. The highest BCUT2D eigenvalue weighted by Gasteiger charge is 2.25. The van der Waals surface area contributed by atoms with E-state index in [4.69, 9.17) is 16.3 Å². The van der Waals surface area contributed by atoms with E-state index in [0.29, 0.717) is 18.4 Å². The van der Waals surface area contributed by atoms with Crippen molar-refractivity contribution in [1.82, 2.24) is 9.88 Å². The molecule has 0 aliphatic heterocycles. The van der Waals surface area contributed by atoms with Crippen molar-refractivity contribution in [2.45, 2.75) is 24.8 Å². The summed E-state index contributed by atoms with van der Waals surface area (Å²) in [6.07, 6.45) is 4.37. The van der Waals surface area contributed by atoms with Gasteiger partial charge in [-0.15, -0.1) is 11.6 Å². The van der Waals surface area contributed by atoms with Gasteiger partial charge in [0.15, 0.2) is 0 Å². The monoisotopic (exact) mass is 318 g/mol. The first kappa shape index (κ1) is 13.1. The summed E-state index contributed by atoms with van der Waals surface area (Å²) in [4.78, 5) is 6.57. The van der Waals surface area contributed by atoms with Gasteiger partial charge in [0, 0.05) is 28.8 Å². The Morgan fingerprint density at radius 3 is 3.00 bits per heavy atom. The molecule has 2 rings (SSSR count). The molecule has 3 nitrogen and oxygen atoms in total. The number of halogens is 2. The van der Waals surface area contributed by atoms with Gasteiger partial charge in [0.25, 0.3) is 0 Å². The average molecular weight is 320 g/mol. The average Bonchev–Trinajstić information content (AvgIpc) is 3.14. The molecule has 1 saturated carbocycles. The topological polar surface area (TPSA) is 25.4 Å². The molecule has 0 radical (unpaired) electrons. The molecule has 1 aliphatic rings. The molecule has 0 aromatic carbocycles. The van der Waals surface area contributed by atoms with Crippen LogP contribution in [-0.2, 0) is 5.88 Å². The van der Waals surface area contributed by atoms with E-state index in [-0.39, 0.29) is 0 Å². The standard InChI is InChI=1S/C12H16BrClN2O/c1-16(11-2-3-11)4-5-17-12-9(7-14)6-10(13)8-15-12/h6,8,11H,2-5,7H2,1H3. The van der Waals surface area contributed by atoms with Gasteiger partial charge in [-0.3, -0.25) is 0 Å². The molecule has 0 atom stereocenters. The van der Waals surface area contributed by atoms with Gasteiger partial charge < -0.3 is 9.64 Å². The third kappa shape index (κ3) is 3.83. The summed E-state index contributed by atoms with van der Waals surface area (Å²) in [5.41, 5.74) is 0.926. The Morgan fingerprint density at radius 2 is 2.35 bits per heavy atom. The molecular formula is C12H16BrClN2O. The SMILES string of the molecule is CN(CCOc1ncc(Br)cc1CCl)C1CC1. The minimum Gasteiger partial charge on any atom is -0.476 e. The van der Waals surface area contributed by atoms with Crippen molar-refractivity contribution in [1.29, 1.82) is 0 Å². The summed E-state index contributed by atoms with van der Waals surface area (Å²) in [5.74, 6) is 1.06. The van der Waals surface area contributed by atoms with Crippen LogP contribution >= 0.6 is 27.5 Å². The summed E-state index contributed by atoms with van der Waals surface area (Å²) in [5, 5.41) is 0. The molecule has 1 heterocycles. The van der Waals surface area contributed by atoms with E-state index >= 15 is 0 Å². The lowest BCUT2D eigenvalue weighted by Gasteiger charge is -2.16. The molecule has 1 aromatic heterocycles. The van der Waals surface area contributed by atoms with Crippen LogP contribution in [0.1, 0.15) is 18.4 Å². The molecular weight excluding hydrogens is 304 g/mol. The van der Waals surface area contributed by atoms with Gasteiger partial charge in [-0.25, -0.2) is 4.98 Å². The molecule has 0 bridgehead atoms. The van der Waals surface area contributed by atoms with Crippen molar-refractivity contribution in [3.63, 3.8) is 0 Å². The van der Waals surface area contributed by atoms with Crippen molar-refractivity contribution >= 4 is 27.5 Å². The largest absolute Gasteiger partial charge is 0.476 e. The normalized spacial score (nSPS) is 15.3. The van der Waals surface area contributed by atoms with Crippen LogP contribution in [0.4, 0.5) is 0 Å². The number of likely N-dealkylation sites (N-methyl/N-ethyl adjacent to an activating group) is 1. The first-order valence-electron chi connectivity index (χ1n) is 5.74. The lowest BCUT2D eigenvalue weighted by Crippen LogP contribution is -2.26. The number of ether oxygens (including phenoxy) is 1. The van der Waals surface area contributed by atoms with Crippen LogP contribution in [0.15, 0.2) is 16.7 Å². The first-order valence-corrected chi connectivity index (χ1v) is 7.07. The quantitative estimate of drug-likeness (QED) is 0.754. The summed E-state index contributed by atoms with van der Waals surface area (Å²) in [6, 6.07) is 2.71. The number of nitrogens with zero attached hydrogens (tertiary/aromatic N) is 2. The second kappa shape index (κ2) is 6.03. The summed E-state index contributed by atoms with van der Waals surface area (Å²) in [7, 11) is 2.14. The number of hydrogen-bond acceptors (Lipinski definition) is 3. The van der Waals surface area contributed by atoms with Crippen molar-refractivity contribution in [3.8, 4) is 5.88 Å². The van der Waals surface area contributed by atoms with Gasteiger partial charge in [-0.1, -0.05) is 0 Å². The zero-order chi connectivity index (χ0) is 12.3. The van der Waals surface area contributed by atoms with E-state index in [1.54, 1.807) is 6.20 Å². The van der Waals surface area contributed by atoms with Crippen LogP contribution in [0.2, 0.25) is 0 Å². The Labute approximate surface area is 115 Å². The molecule has 94 valence electrons. The third-order valence-corrected chi connectivity index (χ3v) is 3.61. The number of hydrogen-bond donors (Lipinski definition) is 0. The van der Waals surface area contributed by atoms with E-state index in [0.717, 1.165) is 22.6 Å². The maximum absolute atomic E-state index is 5.85. The van der Waals surface area contributed by atoms with Crippen molar-refractivity contribution in [3.05, 3.63) is 22.3 Å². The van der Waals surface area contributed by atoms with E-state index in [1.807, 2.05) is 6.07 Å². The van der Waals surface area contributed by atoms with Gasteiger partial charge in [-0.2, -0.15) is 0 Å². The van der Waals surface area contributed by atoms with Gasteiger partial charge in [0.2, 0.25) is 5.88 Å². The van der Waals surface area contributed by atoms with Crippen LogP contribution in [0.3, 0.4) is 0 Å². The maximum Gasteiger partial charge on any atom is 0.217 e. The molecule has 0 spiro atoms. The fourth-order valence-electron chi connectivity index (χ4n) is 1.68. The smallest absolute Gasteiger partial charge is 0.217 e. The molecule has 0 amide bonds. The predicted octanol–water partition coefficient (Wildman–Crippen LogP) is 3.06. The zero-order valence-electron chi connectivity index (χ0n) is 9.83. The van der Waals surface area contributed by atoms with E-state index < -0.39 is 0 Å². The van der Waals surface area contributed by atoms with Gasteiger partial charge >= 0.3 is 0 Å². The van der Waals surface area contributed by atoms with Crippen LogP contribution in [0.5, 0.6) is 5.88 Å². The van der Waals surface area contributed by atoms with Gasteiger partial charge in [0.1, 0.15) is 6.61 Å². The highest BCUT2D eigenvalue weighted by atomic mass is 79.9. The number of rotatable bonds is 6. The Hall–Kier alpha value is -0.320. The lowest BCUT2D eigenvalue weighted by molar-refractivity contribution is 0.225. The van der Waals surface area contributed by atoms with Crippen molar-refractivity contribution in [2.75, 3.05) is 20.2 Å². The van der Waals surface area contributed by atoms with E-state index in [2.05, 4.69) is 32.9 Å². The Balaban J connectivity index is 1.85. The second-order valence-electron chi connectivity index (χ2n) is 4.31. The van der Waals surface area contributed by atoms with E-state index in [1.165, 1.54) is 12.8 Å². The van der Waals surface area contributed by atoms with Gasteiger partial charge in [-0.05, 0) is 41.9 Å². The van der Waals surface area contributed by atoms with Crippen LogP contribution in [-0.4, -0.2) is 36.1 Å². The fraction of sp³-hybridized carbons (Fsp3) is 0.583. The number of aromatic nitrogens is 1. The van der Waals surface area contributed by atoms with E-state index in [9.17, 15) is 0 Å². The number of pyridine rings is 1. The highest BCUT2D eigenvalue weighted by molar-refractivity contribution is 9.10. The van der Waals surface area contributed by atoms with Crippen LogP contribution < -0.4 is 4.74 Å². The first-order chi connectivity index (χ1) is 8.20.